The van der Waals surface area contributed by atoms with Crippen molar-refractivity contribution in [1.82, 2.24) is 19.6 Å². The summed E-state index contributed by atoms with van der Waals surface area (Å²) in [5, 5.41) is 0. The number of aryl methyl sites for hydroxylation is 2. The average molecular weight is 701 g/mol. The summed E-state index contributed by atoms with van der Waals surface area (Å²) in [6.07, 6.45) is 0.856. The van der Waals surface area contributed by atoms with Crippen molar-refractivity contribution < 1.29 is 19.2 Å². The van der Waals surface area contributed by atoms with E-state index in [1.54, 1.807) is 0 Å². The molecule has 8 nitrogen and oxygen atoms in total. The van der Waals surface area contributed by atoms with E-state index in [0.29, 0.717) is 65.2 Å². The van der Waals surface area contributed by atoms with Crippen LogP contribution in [0.25, 0.3) is 0 Å². The first-order chi connectivity index (χ1) is 25.1. The van der Waals surface area contributed by atoms with Crippen molar-refractivity contribution in [3.8, 4) is 0 Å². The summed E-state index contributed by atoms with van der Waals surface area (Å²) in [6, 6.07) is 35.9. The predicted octanol–water partition coefficient (Wildman–Crippen LogP) is 6.02. The van der Waals surface area contributed by atoms with Crippen LogP contribution in [-0.2, 0) is 32.0 Å². The van der Waals surface area contributed by atoms with Crippen LogP contribution in [0.2, 0.25) is 0 Å². The Morgan fingerprint density at radius 2 is 0.731 bits per heavy atom. The number of amides is 4. The van der Waals surface area contributed by atoms with E-state index in [4.69, 9.17) is 0 Å². The molecule has 0 N–H and O–H groups in total. The summed E-state index contributed by atoms with van der Waals surface area (Å²) >= 11 is 0. The molecule has 0 aromatic heterocycles. The highest BCUT2D eigenvalue weighted by Gasteiger charge is 2.30. The zero-order valence-electron chi connectivity index (χ0n) is 31.0. The average Bonchev–Trinajstić information content (AvgIpc) is 3.19. The normalized spacial score (nSPS) is 15.6. The largest absolute Gasteiger partial charge is 0.339 e. The van der Waals surface area contributed by atoms with Gasteiger partial charge in [0, 0.05) is 52.4 Å². The number of hydrogen-bond acceptors (Lipinski definition) is 4. The minimum Gasteiger partial charge on any atom is -0.339 e. The van der Waals surface area contributed by atoms with Gasteiger partial charge in [0.1, 0.15) is 0 Å². The number of hydrogen-bond donors (Lipinski definition) is 0. The molecular formula is C44H52N4O4. The molecule has 272 valence electrons. The van der Waals surface area contributed by atoms with Crippen LogP contribution < -0.4 is 0 Å². The van der Waals surface area contributed by atoms with Crippen molar-refractivity contribution in [3.63, 3.8) is 0 Å². The lowest BCUT2D eigenvalue weighted by Gasteiger charge is -2.37. The van der Waals surface area contributed by atoms with Crippen molar-refractivity contribution in [2.75, 3.05) is 52.4 Å². The van der Waals surface area contributed by atoms with Crippen LogP contribution in [0, 0.1) is 13.8 Å². The molecule has 4 aromatic rings. The predicted molar refractivity (Wildman–Crippen MR) is 206 cm³/mol. The molecule has 4 aromatic carbocycles. The van der Waals surface area contributed by atoms with Gasteiger partial charge in [0.05, 0.1) is 24.7 Å². The van der Waals surface area contributed by atoms with Gasteiger partial charge < -0.3 is 19.6 Å². The molecule has 2 unspecified atom stereocenters. The van der Waals surface area contributed by atoms with E-state index >= 15 is 0 Å². The quantitative estimate of drug-likeness (QED) is 0.225. The zero-order chi connectivity index (χ0) is 37.0. The maximum atomic E-state index is 12.8. The molecule has 2 heterocycles. The molecule has 6 rings (SSSR count). The number of carbonyl (C=O) groups is 4. The van der Waals surface area contributed by atoms with Gasteiger partial charge >= 0.3 is 0 Å². The summed E-state index contributed by atoms with van der Waals surface area (Å²) < 4.78 is 0. The summed E-state index contributed by atoms with van der Waals surface area (Å²) in [7, 11) is 0. The highest BCUT2D eigenvalue weighted by atomic mass is 16.2. The Morgan fingerprint density at radius 3 is 1.04 bits per heavy atom. The van der Waals surface area contributed by atoms with Crippen LogP contribution in [0.3, 0.4) is 0 Å². The van der Waals surface area contributed by atoms with Crippen molar-refractivity contribution in [2.45, 2.75) is 52.4 Å². The molecule has 0 radical (unpaired) electrons. The van der Waals surface area contributed by atoms with Gasteiger partial charge in [0.2, 0.25) is 23.6 Å². The second-order valence-corrected chi connectivity index (χ2v) is 14.0. The summed E-state index contributed by atoms with van der Waals surface area (Å²) in [5.74, 6) is 0.251. The second-order valence-electron chi connectivity index (χ2n) is 14.0. The van der Waals surface area contributed by atoms with E-state index in [1.165, 1.54) is 11.1 Å². The lowest BCUT2D eigenvalue weighted by atomic mass is 9.98. The first-order valence-electron chi connectivity index (χ1n) is 18.4. The van der Waals surface area contributed by atoms with E-state index in [9.17, 15) is 19.2 Å². The minimum atomic E-state index is -0.151. The van der Waals surface area contributed by atoms with Crippen LogP contribution in [0.1, 0.15) is 59.1 Å². The maximum absolute atomic E-state index is 12.8. The van der Waals surface area contributed by atoms with Gasteiger partial charge in [-0.25, -0.2) is 0 Å². The third kappa shape index (κ3) is 10.4. The van der Waals surface area contributed by atoms with Gasteiger partial charge in [-0.05, 0) is 49.9 Å². The van der Waals surface area contributed by atoms with E-state index in [-0.39, 0.29) is 35.5 Å². The van der Waals surface area contributed by atoms with Crippen molar-refractivity contribution >= 4 is 23.6 Å². The first-order valence-corrected chi connectivity index (χ1v) is 18.4. The number of rotatable bonds is 8. The Hall–Kier alpha value is -5.24. The summed E-state index contributed by atoms with van der Waals surface area (Å²) in [6.45, 7) is 12.8. The highest BCUT2D eigenvalue weighted by molar-refractivity contribution is 5.85. The fraction of sp³-hybridized carbons (Fsp3) is 0.364. The zero-order valence-corrected chi connectivity index (χ0v) is 31.0. The van der Waals surface area contributed by atoms with Crippen molar-refractivity contribution in [2.24, 2.45) is 0 Å². The van der Waals surface area contributed by atoms with Gasteiger partial charge in [-0.3, -0.25) is 19.2 Å². The van der Waals surface area contributed by atoms with Gasteiger partial charge in [0.15, 0.2) is 0 Å². The van der Waals surface area contributed by atoms with E-state index < -0.39 is 0 Å². The number of benzene rings is 4. The molecule has 0 bridgehead atoms. The van der Waals surface area contributed by atoms with Crippen molar-refractivity contribution in [1.29, 1.82) is 0 Å². The fourth-order valence-electron chi connectivity index (χ4n) is 6.65. The van der Waals surface area contributed by atoms with Crippen LogP contribution in [0.15, 0.2) is 109 Å². The van der Waals surface area contributed by atoms with Gasteiger partial charge in [-0.1, -0.05) is 120 Å². The van der Waals surface area contributed by atoms with E-state index in [1.807, 2.05) is 156 Å². The molecule has 0 aliphatic carbocycles. The minimum absolute atomic E-state index is 0.138. The maximum Gasteiger partial charge on any atom is 0.229 e. The molecule has 2 fully saturated rings. The van der Waals surface area contributed by atoms with Crippen molar-refractivity contribution in [3.05, 3.63) is 143 Å². The standard InChI is InChI=1S/2C22H26N2O2/c1-17-3-7-19(8-4-17)15-21(25)23-11-13-24(14-12-23)22(26)16-20-9-5-18(2)6-10-20;1-17(19-9-5-3-6-10-19)21(25)23-13-15-24(16-14-23)22(26)18(2)20-11-7-4-8-12-20/h3-10H,11-16H2,1-2H3;3-12,17-18H,13-16H2,1-2H3. The fourth-order valence-corrected chi connectivity index (χ4v) is 6.65. The van der Waals surface area contributed by atoms with Crippen LogP contribution >= 0.6 is 0 Å². The van der Waals surface area contributed by atoms with Crippen LogP contribution in [-0.4, -0.2) is 95.6 Å². The summed E-state index contributed by atoms with van der Waals surface area (Å²) in [4.78, 5) is 58.0. The van der Waals surface area contributed by atoms with Crippen LogP contribution in [0.4, 0.5) is 0 Å². The molecule has 2 aliphatic heterocycles. The topological polar surface area (TPSA) is 81.2 Å². The SMILES string of the molecule is CC(C(=O)N1CCN(C(=O)C(C)c2ccccc2)CC1)c1ccccc1.Cc1ccc(CC(=O)N2CCN(C(=O)Cc3ccc(C)cc3)CC2)cc1. The number of piperazine rings is 2. The molecular weight excluding hydrogens is 649 g/mol. The third-order valence-electron chi connectivity index (χ3n) is 10.2. The Labute approximate surface area is 309 Å². The molecule has 2 aliphatic rings. The monoisotopic (exact) mass is 700 g/mol. The Morgan fingerprint density at radius 1 is 0.442 bits per heavy atom. The first kappa shape index (κ1) is 38.0. The molecule has 8 heteroatoms. The number of carbonyl (C=O) groups excluding carboxylic acids is 4. The Balaban J connectivity index is 0.000000201. The summed E-state index contributed by atoms with van der Waals surface area (Å²) in [5.41, 5.74) is 6.54. The molecule has 0 saturated carbocycles. The van der Waals surface area contributed by atoms with Crippen LogP contribution in [0.5, 0.6) is 0 Å². The molecule has 4 amide bonds. The molecule has 2 atom stereocenters. The molecule has 2 saturated heterocycles. The Bertz CT molecular complexity index is 1630. The van der Waals surface area contributed by atoms with E-state index in [2.05, 4.69) is 0 Å². The third-order valence-corrected chi connectivity index (χ3v) is 10.2. The number of nitrogens with zero attached hydrogens (tertiary/aromatic N) is 4. The Kier molecular flexibility index (Phi) is 13.4. The lowest BCUT2D eigenvalue weighted by molar-refractivity contribution is -0.140. The lowest BCUT2D eigenvalue weighted by Crippen LogP contribution is -2.52. The smallest absolute Gasteiger partial charge is 0.229 e. The molecule has 52 heavy (non-hydrogen) atoms. The van der Waals surface area contributed by atoms with Gasteiger partial charge in [0.25, 0.3) is 0 Å². The van der Waals surface area contributed by atoms with E-state index in [0.717, 1.165) is 22.3 Å². The second kappa shape index (κ2) is 18.3. The molecule has 0 spiro atoms. The highest BCUT2D eigenvalue weighted by Crippen LogP contribution is 2.22. The van der Waals surface area contributed by atoms with Gasteiger partial charge in [-0.2, -0.15) is 0 Å². The van der Waals surface area contributed by atoms with Gasteiger partial charge in [-0.15, -0.1) is 0 Å².